The fraction of sp³-hybridized carbons (Fsp3) is 0.227. The molecule has 0 bridgehead atoms. The van der Waals surface area contributed by atoms with Crippen LogP contribution >= 0.6 is 0 Å². The summed E-state index contributed by atoms with van der Waals surface area (Å²) >= 11 is 0. The minimum absolute atomic E-state index is 0.175. The number of pyridine rings is 2. The molecule has 30 heavy (non-hydrogen) atoms. The highest BCUT2D eigenvalue weighted by atomic mass is 19.3. The number of nitrogens with zero attached hydrogens (tertiary/aromatic N) is 2. The van der Waals surface area contributed by atoms with Crippen molar-refractivity contribution in [3.8, 4) is 22.6 Å². The van der Waals surface area contributed by atoms with Gasteiger partial charge in [0, 0.05) is 30.4 Å². The molecule has 2 heterocycles. The summed E-state index contributed by atoms with van der Waals surface area (Å²) in [5, 5.41) is 0.459. The topological polar surface area (TPSA) is 70.4 Å². The molecule has 0 radical (unpaired) electrons. The molecular weight excluding hydrogens is 394 g/mol. The Hall–Kier alpha value is -3.55. The number of aromatic nitrogens is 2. The van der Waals surface area contributed by atoms with Crippen LogP contribution in [0.4, 0.5) is 8.78 Å². The van der Waals surface area contributed by atoms with E-state index in [4.69, 9.17) is 9.47 Å². The number of aryl methyl sites for hydroxylation is 1. The van der Waals surface area contributed by atoms with Crippen LogP contribution in [0, 0.1) is 0 Å². The van der Waals surface area contributed by atoms with Crippen LogP contribution in [0.5, 0.6) is 11.5 Å². The second-order valence-electron chi connectivity index (χ2n) is 6.84. The van der Waals surface area contributed by atoms with Gasteiger partial charge in [-0.3, -0.25) is 14.6 Å². The zero-order chi connectivity index (χ0) is 22.2. The van der Waals surface area contributed by atoms with Gasteiger partial charge in [-0.25, -0.2) is 0 Å². The van der Waals surface area contributed by atoms with Crippen LogP contribution < -0.4 is 15.0 Å². The highest BCUT2D eigenvalue weighted by Crippen LogP contribution is 2.38. The van der Waals surface area contributed by atoms with E-state index in [-0.39, 0.29) is 39.0 Å². The van der Waals surface area contributed by atoms with Crippen molar-refractivity contribution < 1.29 is 23.0 Å². The summed E-state index contributed by atoms with van der Waals surface area (Å²) < 4.78 is 41.0. The minimum Gasteiger partial charge on any atom is -0.496 e. The van der Waals surface area contributed by atoms with Crippen LogP contribution in [0.2, 0.25) is 0 Å². The van der Waals surface area contributed by atoms with Gasteiger partial charge in [-0.15, -0.1) is 0 Å². The Kier molecular flexibility index (Phi) is 5.43. The molecule has 2 aromatic heterocycles. The Bertz CT molecular complexity index is 1210. The maximum atomic E-state index is 14.5. The predicted molar refractivity (Wildman–Crippen MR) is 110 cm³/mol. The van der Waals surface area contributed by atoms with E-state index in [1.165, 1.54) is 38.0 Å². The third-order valence-corrected chi connectivity index (χ3v) is 4.90. The molecule has 0 aliphatic heterocycles. The number of rotatable bonds is 6. The van der Waals surface area contributed by atoms with Crippen LogP contribution in [0.1, 0.15) is 23.0 Å². The third-order valence-electron chi connectivity index (χ3n) is 4.90. The first kappa shape index (κ1) is 21.2. The summed E-state index contributed by atoms with van der Waals surface area (Å²) in [4.78, 5) is 27.8. The molecule has 0 fully saturated rings. The van der Waals surface area contributed by atoms with Gasteiger partial charge in [0.1, 0.15) is 17.2 Å². The first-order valence-corrected chi connectivity index (χ1v) is 8.90. The number of hydrogen-bond acceptors (Lipinski definition) is 5. The Morgan fingerprint density at radius 1 is 1.17 bits per heavy atom. The van der Waals surface area contributed by atoms with Crippen molar-refractivity contribution in [3.05, 3.63) is 64.4 Å². The summed E-state index contributed by atoms with van der Waals surface area (Å²) in [6, 6.07) is 4.36. The second kappa shape index (κ2) is 7.70. The van der Waals surface area contributed by atoms with Gasteiger partial charge in [-0.1, -0.05) is 6.58 Å². The lowest BCUT2D eigenvalue weighted by Gasteiger charge is -2.18. The summed E-state index contributed by atoms with van der Waals surface area (Å²) in [5.41, 5.74) is -0.0456. The molecule has 6 nitrogen and oxygen atoms in total. The number of hydrogen-bond donors (Lipinski definition) is 0. The molecule has 0 aliphatic carbocycles. The number of alkyl halides is 2. The smallest absolute Gasteiger partial charge is 0.310 e. The first-order valence-electron chi connectivity index (χ1n) is 8.90. The molecule has 0 atom stereocenters. The van der Waals surface area contributed by atoms with Crippen molar-refractivity contribution in [1.82, 2.24) is 9.55 Å². The van der Waals surface area contributed by atoms with E-state index in [1.807, 2.05) is 0 Å². The number of carbonyl (C=O) groups excluding carboxylic acids is 1. The van der Waals surface area contributed by atoms with Crippen LogP contribution in [0.15, 0.2) is 47.5 Å². The molecule has 0 saturated heterocycles. The average molecular weight is 414 g/mol. The fourth-order valence-corrected chi connectivity index (χ4v) is 3.19. The van der Waals surface area contributed by atoms with Gasteiger partial charge in [0.2, 0.25) is 0 Å². The molecule has 3 aromatic rings. The highest BCUT2D eigenvalue weighted by molar-refractivity contribution is 5.97. The lowest BCUT2D eigenvalue weighted by molar-refractivity contribution is 0.0339. The zero-order valence-corrected chi connectivity index (χ0v) is 17.0. The van der Waals surface area contributed by atoms with Crippen LogP contribution in [-0.4, -0.2) is 30.1 Å². The standard InChI is InChI=1S/C22H20F2N2O4/c1-12(2)22(23,24)20-8-14-15(9-25-20)21(28)26(3)10-16(14)13-6-18(29-4)17(11-27)19(7-13)30-5/h6-11H,1H2,2-5H3. The van der Waals surface area contributed by atoms with Gasteiger partial charge in [0.15, 0.2) is 6.29 Å². The van der Waals surface area contributed by atoms with E-state index in [9.17, 15) is 18.4 Å². The molecule has 0 amide bonds. The van der Waals surface area contributed by atoms with Crippen molar-refractivity contribution in [2.45, 2.75) is 12.8 Å². The number of methoxy groups -OCH3 is 2. The summed E-state index contributed by atoms with van der Waals surface area (Å²) in [6.07, 6.45) is 3.28. The van der Waals surface area contributed by atoms with Gasteiger partial charge >= 0.3 is 5.92 Å². The first-order chi connectivity index (χ1) is 14.1. The number of aldehydes is 1. The average Bonchev–Trinajstić information content (AvgIpc) is 2.74. The summed E-state index contributed by atoms with van der Waals surface area (Å²) in [5.74, 6) is -2.85. The molecule has 0 aliphatic rings. The van der Waals surface area contributed by atoms with E-state index >= 15 is 0 Å². The predicted octanol–water partition coefficient (Wildman–Crippen LogP) is 4.10. The number of allylic oxidation sites excluding steroid dienone is 1. The van der Waals surface area contributed by atoms with Crippen LogP contribution in [-0.2, 0) is 13.0 Å². The molecule has 3 rings (SSSR count). The number of ether oxygens (including phenoxy) is 2. The SMILES string of the molecule is C=C(C)C(F)(F)c1cc2c(-c3cc(OC)c(C=O)c(OC)c3)cn(C)c(=O)c2cn1. The van der Waals surface area contributed by atoms with Gasteiger partial charge in [0.25, 0.3) is 5.56 Å². The van der Waals surface area contributed by atoms with Crippen molar-refractivity contribution in [1.29, 1.82) is 0 Å². The van der Waals surface area contributed by atoms with E-state index in [1.54, 1.807) is 19.2 Å². The molecule has 0 unspecified atom stereocenters. The molecule has 0 saturated carbocycles. The molecule has 1 aromatic carbocycles. The molecule has 0 N–H and O–H groups in total. The Morgan fingerprint density at radius 2 is 1.77 bits per heavy atom. The monoisotopic (exact) mass is 414 g/mol. The van der Waals surface area contributed by atoms with E-state index in [0.717, 1.165) is 6.20 Å². The van der Waals surface area contributed by atoms with Crippen molar-refractivity contribution in [2.75, 3.05) is 14.2 Å². The highest BCUT2D eigenvalue weighted by Gasteiger charge is 2.34. The van der Waals surface area contributed by atoms with E-state index in [0.29, 0.717) is 17.4 Å². The zero-order valence-electron chi connectivity index (χ0n) is 17.0. The lowest BCUT2D eigenvalue weighted by atomic mass is 9.97. The third kappa shape index (κ3) is 3.34. The van der Waals surface area contributed by atoms with Crippen molar-refractivity contribution in [3.63, 3.8) is 0 Å². The molecule has 156 valence electrons. The number of halogens is 2. The number of fused-ring (bicyclic) bond motifs is 1. The van der Waals surface area contributed by atoms with Crippen molar-refractivity contribution >= 4 is 17.1 Å². The largest absolute Gasteiger partial charge is 0.496 e. The molecular formula is C22H20F2N2O4. The Morgan fingerprint density at radius 3 is 2.27 bits per heavy atom. The molecule has 0 spiro atoms. The number of carbonyl (C=O) groups is 1. The van der Waals surface area contributed by atoms with Crippen LogP contribution in [0.25, 0.3) is 21.9 Å². The van der Waals surface area contributed by atoms with Gasteiger partial charge in [-0.2, -0.15) is 8.78 Å². The minimum atomic E-state index is -3.36. The number of benzene rings is 1. The van der Waals surface area contributed by atoms with Gasteiger partial charge in [0.05, 0.1) is 25.2 Å². The summed E-state index contributed by atoms with van der Waals surface area (Å²) in [6.45, 7) is 4.55. The fourth-order valence-electron chi connectivity index (χ4n) is 3.19. The van der Waals surface area contributed by atoms with Crippen LogP contribution in [0.3, 0.4) is 0 Å². The van der Waals surface area contributed by atoms with E-state index in [2.05, 4.69) is 11.6 Å². The Balaban J connectivity index is 2.41. The Labute approximate surface area is 171 Å². The molecule has 8 heteroatoms. The summed E-state index contributed by atoms with van der Waals surface area (Å²) in [7, 11) is 4.36. The second-order valence-corrected chi connectivity index (χ2v) is 6.84. The quantitative estimate of drug-likeness (QED) is 0.449. The maximum absolute atomic E-state index is 14.5. The maximum Gasteiger partial charge on any atom is 0.310 e. The lowest BCUT2D eigenvalue weighted by Crippen LogP contribution is -2.20. The van der Waals surface area contributed by atoms with Gasteiger partial charge in [-0.05, 0) is 36.3 Å². The van der Waals surface area contributed by atoms with Gasteiger partial charge < -0.3 is 14.0 Å². The van der Waals surface area contributed by atoms with E-state index < -0.39 is 11.6 Å². The normalized spacial score (nSPS) is 11.4. The van der Waals surface area contributed by atoms with Crippen molar-refractivity contribution in [2.24, 2.45) is 7.05 Å².